The maximum Gasteiger partial charge on any atom is 0.255 e. The number of nitrogens with zero attached hydrogens (tertiary/aromatic N) is 2. The van der Waals surface area contributed by atoms with Crippen LogP contribution in [0.3, 0.4) is 0 Å². The number of carbonyl (C=O) groups is 1. The van der Waals surface area contributed by atoms with Gasteiger partial charge in [0.15, 0.2) is 5.75 Å². The first-order valence-corrected chi connectivity index (χ1v) is 4.76. The van der Waals surface area contributed by atoms with Crippen LogP contribution in [-0.2, 0) is 0 Å². The molecule has 0 aliphatic carbocycles. The van der Waals surface area contributed by atoms with Gasteiger partial charge in [-0.15, -0.1) is 0 Å². The minimum absolute atomic E-state index is 0.0942. The molecule has 0 atom stereocenters. The first-order chi connectivity index (χ1) is 6.56. The monoisotopic (exact) mass is 258 g/mol. The molecule has 0 aromatic carbocycles. The number of aromatic nitrogens is 1. The van der Waals surface area contributed by atoms with Crippen LogP contribution in [0.2, 0.25) is 0 Å². The zero-order valence-corrected chi connectivity index (χ0v) is 9.83. The summed E-state index contributed by atoms with van der Waals surface area (Å²) in [5.41, 5.74) is 0.509. The third-order valence-electron chi connectivity index (χ3n) is 1.68. The third kappa shape index (κ3) is 2.23. The summed E-state index contributed by atoms with van der Waals surface area (Å²) in [6.45, 7) is 0. The number of pyridine rings is 1. The quantitative estimate of drug-likeness (QED) is 0.757. The van der Waals surface area contributed by atoms with Crippen LogP contribution in [0.1, 0.15) is 10.4 Å². The summed E-state index contributed by atoms with van der Waals surface area (Å²) in [6.07, 6.45) is 1.51. The van der Waals surface area contributed by atoms with E-state index >= 15 is 0 Å². The highest BCUT2D eigenvalue weighted by Crippen LogP contribution is 2.22. The Morgan fingerprint density at radius 1 is 1.57 bits per heavy atom. The van der Waals surface area contributed by atoms with E-state index in [0.29, 0.717) is 15.9 Å². The molecule has 76 valence electrons. The van der Waals surface area contributed by atoms with Crippen molar-refractivity contribution in [3.8, 4) is 5.75 Å². The molecule has 1 heterocycles. The number of ether oxygens (including phenoxy) is 1. The van der Waals surface area contributed by atoms with Crippen molar-refractivity contribution in [1.82, 2.24) is 9.88 Å². The largest absolute Gasteiger partial charge is 0.494 e. The van der Waals surface area contributed by atoms with Gasteiger partial charge in [0, 0.05) is 20.3 Å². The molecule has 1 amide bonds. The molecule has 0 unspecified atom stereocenters. The predicted octanol–water partition coefficient (Wildman–Crippen LogP) is 1.55. The normalized spacial score (nSPS) is 9.71. The second-order valence-electron chi connectivity index (χ2n) is 2.92. The zero-order chi connectivity index (χ0) is 10.7. The predicted molar refractivity (Wildman–Crippen MR) is 56.5 cm³/mol. The first kappa shape index (κ1) is 11.0. The summed E-state index contributed by atoms with van der Waals surface area (Å²) >= 11 is 3.22. The van der Waals surface area contributed by atoms with Crippen molar-refractivity contribution in [3.63, 3.8) is 0 Å². The molecule has 1 aromatic heterocycles. The summed E-state index contributed by atoms with van der Waals surface area (Å²) in [6, 6.07) is 1.65. The summed E-state index contributed by atoms with van der Waals surface area (Å²) in [5, 5.41) is 0. The minimum Gasteiger partial charge on any atom is -0.494 e. The lowest BCUT2D eigenvalue weighted by atomic mass is 10.2. The topological polar surface area (TPSA) is 42.4 Å². The average Bonchev–Trinajstić information content (AvgIpc) is 2.17. The summed E-state index contributed by atoms with van der Waals surface area (Å²) in [7, 11) is 4.92. The highest BCUT2D eigenvalue weighted by atomic mass is 79.9. The van der Waals surface area contributed by atoms with Crippen molar-refractivity contribution in [2.24, 2.45) is 0 Å². The van der Waals surface area contributed by atoms with E-state index in [-0.39, 0.29) is 5.91 Å². The van der Waals surface area contributed by atoms with Gasteiger partial charge in [-0.3, -0.25) is 4.79 Å². The van der Waals surface area contributed by atoms with Crippen LogP contribution in [0.15, 0.2) is 16.9 Å². The van der Waals surface area contributed by atoms with Crippen LogP contribution in [0.5, 0.6) is 5.75 Å². The zero-order valence-electron chi connectivity index (χ0n) is 8.24. The molecule has 5 heteroatoms. The molecular weight excluding hydrogens is 248 g/mol. The van der Waals surface area contributed by atoms with Gasteiger partial charge in [0.2, 0.25) is 0 Å². The fourth-order valence-corrected chi connectivity index (χ4v) is 1.32. The van der Waals surface area contributed by atoms with Crippen LogP contribution in [0.4, 0.5) is 0 Å². The fourth-order valence-electron chi connectivity index (χ4n) is 0.946. The molecule has 0 aliphatic rings. The Hall–Kier alpha value is -1.10. The van der Waals surface area contributed by atoms with Gasteiger partial charge >= 0.3 is 0 Å². The lowest BCUT2D eigenvalue weighted by Crippen LogP contribution is -2.21. The Kier molecular flexibility index (Phi) is 3.46. The molecule has 0 aliphatic heterocycles. The van der Waals surface area contributed by atoms with Crippen molar-refractivity contribution < 1.29 is 9.53 Å². The molecule has 14 heavy (non-hydrogen) atoms. The van der Waals surface area contributed by atoms with Crippen molar-refractivity contribution >= 4 is 21.8 Å². The van der Waals surface area contributed by atoms with Gasteiger partial charge in [-0.2, -0.15) is 0 Å². The van der Waals surface area contributed by atoms with Crippen LogP contribution < -0.4 is 4.74 Å². The summed E-state index contributed by atoms with van der Waals surface area (Å²) in [5.74, 6) is 0.459. The van der Waals surface area contributed by atoms with Gasteiger partial charge < -0.3 is 9.64 Å². The molecule has 4 nitrogen and oxygen atoms in total. The van der Waals surface area contributed by atoms with Gasteiger partial charge in [-0.25, -0.2) is 4.98 Å². The molecule has 1 rings (SSSR count). The van der Waals surface area contributed by atoms with Gasteiger partial charge in [0.05, 0.1) is 12.7 Å². The second-order valence-corrected chi connectivity index (χ2v) is 3.67. The lowest BCUT2D eigenvalue weighted by molar-refractivity contribution is 0.0827. The van der Waals surface area contributed by atoms with E-state index in [9.17, 15) is 4.79 Å². The van der Waals surface area contributed by atoms with Gasteiger partial charge in [0.1, 0.15) is 4.60 Å². The number of amides is 1. The van der Waals surface area contributed by atoms with Gasteiger partial charge in [0.25, 0.3) is 5.91 Å². The van der Waals surface area contributed by atoms with E-state index in [0.717, 1.165) is 0 Å². The SMILES string of the molecule is COc1cc(C(=O)N(C)C)cnc1Br. The smallest absolute Gasteiger partial charge is 0.255 e. The molecule has 1 aromatic rings. The molecule has 0 radical (unpaired) electrons. The Labute approximate surface area is 91.0 Å². The molecule has 0 N–H and O–H groups in total. The highest BCUT2D eigenvalue weighted by molar-refractivity contribution is 9.10. The fraction of sp³-hybridized carbons (Fsp3) is 0.333. The van der Waals surface area contributed by atoms with Crippen molar-refractivity contribution in [2.45, 2.75) is 0 Å². The number of hydrogen-bond donors (Lipinski definition) is 0. The maximum absolute atomic E-state index is 11.5. The Morgan fingerprint density at radius 2 is 2.21 bits per heavy atom. The average molecular weight is 259 g/mol. The van der Waals surface area contributed by atoms with E-state index in [2.05, 4.69) is 20.9 Å². The number of rotatable bonds is 2. The van der Waals surface area contributed by atoms with Gasteiger partial charge in [-0.1, -0.05) is 0 Å². The van der Waals surface area contributed by atoms with Crippen LogP contribution in [0, 0.1) is 0 Å². The Morgan fingerprint density at radius 3 is 2.71 bits per heavy atom. The molecule has 0 fully saturated rings. The summed E-state index contributed by atoms with van der Waals surface area (Å²) < 4.78 is 5.63. The third-order valence-corrected chi connectivity index (χ3v) is 2.28. The van der Waals surface area contributed by atoms with E-state index in [4.69, 9.17) is 4.74 Å². The maximum atomic E-state index is 11.5. The van der Waals surface area contributed by atoms with E-state index < -0.39 is 0 Å². The molecule has 0 saturated heterocycles. The number of methoxy groups -OCH3 is 1. The van der Waals surface area contributed by atoms with E-state index in [1.807, 2.05) is 0 Å². The highest BCUT2D eigenvalue weighted by Gasteiger charge is 2.11. The van der Waals surface area contributed by atoms with Crippen LogP contribution in [-0.4, -0.2) is 37.0 Å². The van der Waals surface area contributed by atoms with E-state index in [1.165, 1.54) is 18.2 Å². The van der Waals surface area contributed by atoms with E-state index in [1.54, 1.807) is 20.2 Å². The standard InChI is InChI=1S/C9H11BrN2O2/c1-12(2)9(13)6-4-7(14-3)8(10)11-5-6/h4-5H,1-3H3. The molecule has 0 bridgehead atoms. The van der Waals surface area contributed by atoms with Crippen LogP contribution in [0.25, 0.3) is 0 Å². The first-order valence-electron chi connectivity index (χ1n) is 3.97. The molecule has 0 spiro atoms. The lowest BCUT2D eigenvalue weighted by Gasteiger charge is -2.10. The van der Waals surface area contributed by atoms with Crippen LogP contribution >= 0.6 is 15.9 Å². The summed E-state index contributed by atoms with van der Waals surface area (Å²) in [4.78, 5) is 17.0. The number of halogens is 1. The van der Waals surface area contributed by atoms with Crippen molar-refractivity contribution in [2.75, 3.05) is 21.2 Å². The molecule has 0 saturated carbocycles. The Balaban J connectivity index is 3.06. The Bertz CT molecular complexity index is 353. The molecular formula is C9H11BrN2O2. The number of carbonyl (C=O) groups excluding carboxylic acids is 1. The van der Waals surface area contributed by atoms with Gasteiger partial charge in [-0.05, 0) is 22.0 Å². The van der Waals surface area contributed by atoms with Crippen molar-refractivity contribution in [3.05, 3.63) is 22.4 Å². The second kappa shape index (κ2) is 4.41. The minimum atomic E-state index is -0.0942. The van der Waals surface area contributed by atoms with Crippen molar-refractivity contribution in [1.29, 1.82) is 0 Å². The number of hydrogen-bond acceptors (Lipinski definition) is 3.